The van der Waals surface area contributed by atoms with Crippen LogP contribution in [0.5, 0.6) is 0 Å². The fourth-order valence-corrected chi connectivity index (χ4v) is 2.16. The van der Waals surface area contributed by atoms with Gasteiger partial charge in [0.05, 0.1) is 16.8 Å². The quantitative estimate of drug-likeness (QED) is 0.914. The molecule has 0 saturated carbocycles. The van der Waals surface area contributed by atoms with Gasteiger partial charge in [-0.05, 0) is 30.7 Å². The third kappa shape index (κ3) is 3.49. The van der Waals surface area contributed by atoms with Crippen molar-refractivity contribution < 1.29 is 4.39 Å². The van der Waals surface area contributed by atoms with E-state index in [9.17, 15) is 4.39 Å². The molecule has 0 saturated heterocycles. The Hall–Kier alpha value is -1.52. The van der Waals surface area contributed by atoms with Crippen LogP contribution in [0.4, 0.5) is 4.39 Å². The maximum atomic E-state index is 13.4. The molecule has 0 aliphatic carbocycles. The average Bonchev–Trinajstić information content (AvgIpc) is 2.44. The highest BCUT2D eigenvalue weighted by Gasteiger charge is 2.15. The minimum atomic E-state index is -0.392. The summed E-state index contributed by atoms with van der Waals surface area (Å²) in [6, 6.07) is 6.70. The fourth-order valence-electron chi connectivity index (χ4n) is 1.96. The SMILES string of the molecule is CCNC(Cc1cccc(F)c1Cl)c1ccncn1. The number of hydrogen-bond donors (Lipinski definition) is 1. The van der Waals surface area contributed by atoms with E-state index in [1.165, 1.54) is 12.4 Å². The van der Waals surface area contributed by atoms with Crippen LogP contribution in [-0.2, 0) is 6.42 Å². The van der Waals surface area contributed by atoms with Gasteiger partial charge in [-0.15, -0.1) is 0 Å². The lowest BCUT2D eigenvalue weighted by Crippen LogP contribution is -2.24. The number of rotatable bonds is 5. The average molecular weight is 280 g/mol. The Bertz CT molecular complexity index is 533. The molecule has 19 heavy (non-hydrogen) atoms. The van der Waals surface area contributed by atoms with Crippen molar-refractivity contribution in [3.05, 3.63) is 58.9 Å². The molecule has 5 heteroatoms. The number of benzene rings is 1. The molecule has 100 valence electrons. The monoisotopic (exact) mass is 279 g/mol. The number of nitrogens with one attached hydrogen (secondary N) is 1. The molecule has 1 heterocycles. The maximum absolute atomic E-state index is 13.4. The van der Waals surface area contributed by atoms with Crippen LogP contribution in [0.25, 0.3) is 0 Å². The van der Waals surface area contributed by atoms with Gasteiger partial charge in [0.25, 0.3) is 0 Å². The second-order valence-corrected chi connectivity index (χ2v) is 4.54. The zero-order chi connectivity index (χ0) is 13.7. The molecule has 0 spiro atoms. The van der Waals surface area contributed by atoms with Crippen molar-refractivity contribution in [2.45, 2.75) is 19.4 Å². The Labute approximate surface area is 116 Å². The summed E-state index contributed by atoms with van der Waals surface area (Å²) >= 11 is 5.99. The standard InChI is InChI=1S/C14H15ClFN3/c1-2-18-13(12-6-7-17-9-19-12)8-10-4-3-5-11(16)14(10)15/h3-7,9,13,18H,2,8H2,1H3. The van der Waals surface area contributed by atoms with E-state index in [0.29, 0.717) is 6.42 Å². The molecule has 0 amide bonds. The zero-order valence-electron chi connectivity index (χ0n) is 10.6. The Morgan fingerprint density at radius 3 is 2.89 bits per heavy atom. The summed E-state index contributed by atoms with van der Waals surface area (Å²) in [5, 5.41) is 3.50. The summed E-state index contributed by atoms with van der Waals surface area (Å²) in [5.41, 5.74) is 1.64. The molecule has 1 aromatic carbocycles. The Balaban J connectivity index is 2.24. The summed E-state index contributed by atoms with van der Waals surface area (Å²) in [7, 11) is 0. The van der Waals surface area contributed by atoms with Crippen LogP contribution < -0.4 is 5.32 Å². The summed E-state index contributed by atoms with van der Waals surface area (Å²) < 4.78 is 13.4. The second-order valence-electron chi connectivity index (χ2n) is 4.16. The van der Waals surface area contributed by atoms with E-state index in [1.807, 2.05) is 19.1 Å². The number of nitrogens with zero attached hydrogens (tertiary/aromatic N) is 2. The van der Waals surface area contributed by atoms with Gasteiger partial charge in [0.15, 0.2) is 0 Å². The van der Waals surface area contributed by atoms with E-state index in [2.05, 4.69) is 15.3 Å². The summed E-state index contributed by atoms with van der Waals surface area (Å²) in [6.07, 6.45) is 3.79. The maximum Gasteiger partial charge on any atom is 0.142 e. The van der Waals surface area contributed by atoms with Gasteiger partial charge in [-0.3, -0.25) is 0 Å². The fraction of sp³-hybridized carbons (Fsp3) is 0.286. The first kappa shape index (κ1) is 13.9. The minimum Gasteiger partial charge on any atom is -0.309 e. The highest BCUT2D eigenvalue weighted by Crippen LogP contribution is 2.24. The van der Waals surface area contributed by atoms with E-state index < -0.39 is 5.82 Å². The zero-order valence-corrected chi connectivity index (χ0v) is 11.4. The molecule has 0 fully saturated rings. The van der Waals surface area contributed by atoms with Crippen LogP contribution in [-0.4, -0.2) is 16.5 Å². The molecule has 1 N–H and O–H groups in total. The number of halogens is 2. The smallest absolute Gasteiger partial charge is 0.142 e. The van der Waals surface area contributed by atoms with Gasteiger partial charge in [-0.25, -0.2) is 14.4 Å². The summed E-state index contributed by atoms with van der Waals surface area (Å²) in [6.45, 7) is 2.81. The molecule has 0 aliphatic heterocycles. The van der Waals surface area contributed by atoms with Gasteiger partial charge in [0, 0.05) is 6.20 Å². The van der Waals surface area contributed by atoms with Crippen LogP contribution in [0.3, 0.4) is 0 Å². The minimum absolute atomic E-state index is 0.00713. The molecule has 1 aromatic heterocycles. The molecule has 1 unspecified atom stereocenters. The van der Waals surface area contributed by atoms with Crippen molar-refractivity contribution in [1.29, 1.82) is 0 Å². The lowest BCUT2D eigenvalue weighted by Gasteiger charge is -2.18. The van der Waals surface area contributed by atoms with Crippen molar-refractivity contribution in [3.63, 3.8) is 0 Å². The van der Waals surface area contributed by atoms with E-state index in [1.54, 1.807) is 12.3 Å². The molecular formula is C14H15ClFN3. The van der Waals surface area contributed by atoms with E-state index in [0.717, 1.165) is 17.8 Å². The summed E-state index contributed by atoms with van der Waals surface area (Å²) in [5.74, 6) is -0.392. The predicted octanol–water partition coefficient (Wildman–Crippen LogP) is 3.16. The Kier molecular flexibility index (Phi) is 4.82. The van der Waals surface area contributed by atoms with Crippen LogP contribution in [0.1, 0.15) is 24.2 Å². The third-order valence-electron chi connectivity index (χ3n) is 2.87. The third-order valence-corrected chi connectivity index (χ3v) is 3.29. The lowest BCUT2D eigenvalue weighted by atomic mass is 10.0. The summed E-state index contributed by atoms with van der Waals surface area (Å²) in [4.78, 5) is 8.14. The molecule has 0 aliphatic rings. The van der Waals surface area contributed by atoms with Crippen LogP contribution in [0.2, 0.25) is 5.02 Å². The van der Waals surface area contributed by atoms with Gasteiger partial charge in [-0.2, -0.15) is 0 Å². The Morgan fingerprint density at radius 1 is 1.37 bits per heavy atom. The first-order valence-electron chi connectivity index (χ1n) is 6.14. The largest absolute Gasteiger partial charge is 0.309 e. The molecular weight excluding hydrogens is 265 g/mol. The lowest BCUT2D eigenvalue weighted by molar-refractivity contribution is 0.533. The van der Waals surface area contributed by atoms with Crippen LogP contribution >= 0.6 is 11.6 Å². The van der Waals surface area contributed by atoms with Gasteiger partial charge >= 0.3 is 0 Å². The van der Waals surface area contributed by atoms with Gasteiger partial charge in [0.1, 0.15) is 12.1 Å². The Morgan fingerprint density at radius 2 is 2.21 bits per heavy atom. The normalized spacial score (nSPS) is 12.4. The molecule has 3 nitrogen and oxygen atoms in total. The van der Waals surface area contributed by atoms with E-state index in [4.69, 9.17) is 11.6 Å². The van der Waals surface area contributed by atoms with Crippen LogP contribution in [0.15, 0.2) is 36.8 Å². The predicted molar refractivity (Wildman–Crippen MR) is 73.6 cm³/mol. The van der Waals surface area contributed by atoms with Crippen LogP contribution in [0, 0.1) is 5.82 Å². The van der Waals surface area contributed by atoms with Crippen molar-refractivity contribution in [3.8, 4) is 0 Å². The van der Waals surface area contributed by atoms with E-state index >= 15 is 0 Å². The first-order chi connectivity index (χ1) is 9.22. The number of hydrogen-bond acceptors (Lipinski definition) is 3. The number of aromatic nitrogens is 2. The molecule has 2 aromatic rings. The van der Waals surface area contributed by atoms with Crippen molar-refractivity contribution in [2.24, 2.45) is 0 Å². The molecule has 0 bridgehead atoms. The topological polar surface area (TPSA) is 37.8 Å². The molecule has 2 rings (SSSR count). The van der Waals surface area contributed by atoms with Crippen molar-refractivity contribution >= 4 is 11.6 Å². The molecule has 0 radical (unpaired) electrons. The van der Waals surface area contributed by atoms with Crippen molar-refractivity contribution in [2.75, 3.05) is 6.54 Å². The van der Waals surface area contributed by atoms with Gasteiger partial charge < -0.3 is 5.32 Å². The van der Waals surface area contributed by atoms with E-state index in [-0.39, 0.29) is 11.1 Å². The number of likely N-dealkylation sites (N-methyl/N-ethyl adjacent to an activating group) is 1. The van der Waals surface area contributed by atoms with Gasteiger partial charge in [0.2, 0.25) is 0 Å². The highest BCUT2D eigenvalue weighted by molar-refractivity contribution is 6.31. The highest BCUT2D eigenvalue weighted by atomic mass is 35.5. The van der Waals surface area contributed by atoms with Crippen molar-refractivity contribution in [1.82, 2.24) is 15.3 Å². The van der Waals surface area contributed by atoms with Gasteiger partial charge in [-0.1, -0.05) is 30.7 Å². The molecule has 1 atom stereocenters. The second kappa shape index (κ2) is 6.59. The first-order valence-corrected chi connectivity index (χ1v) is 6.52.